The maximum Gasteiger partial charge on any atom is 0.246 e. The van der Waals surface area contributed by atoms with Crippen LogP contribution in [0.15, 0.2) is 29.3 Å². The zero-order chi connectivity index (χ0) is 8.55. The van der Waals surface area contributed by atoms with E-state index in [0.717, 1.165) is 11.1 Å². The third-order valence-corrected chi connectivity index (χ3v) is 1.92. The quantitative estimate of drug-likeness (QED) is 0.644. The molecule has 0 bridgehead atoms. The van der Waals surface area contributed by atoms with Gasteiger partial charge in [-0.1, -0.05) is 24.3 Å². The maximum atomic E-state index is 10.9. The van der Waals surface area contributed by atoms with E-state index >= 15 is 0 Å². The molecule has 0 spiro atoms. The third kappa shape index (κ3) is 0.906. The number of nitrogens with zero attached hydrogens (tertiary/aromatic N) is 1. The lowest BCUT2D eigenvalue weighted by Crippen LogP contribution is -2.18. The van der Waals surface area contributed by atoms with E-state index in [0.29, 0.717) is 0 Å². The molecule has 2 rings (SSSR count). The Morgan fingerprint density at radius 1 is 1.42 bits per heavy atom. The van der Waals surface area contributed by atoms with Crippen LogP contribution in [0.4, 0.5) is 0 Å². The number of nitrogens with two attached hydrogens (primary N) is 1. The minimum Gasteiger partial charge on any atom is -0.368 e. The molecule has 1 heterocycles. The summed E-state index contributed by atoms with van der Waals surface area (Å²) in [6.07, 6.45) is 1.69. The molecule has 0 fully saturated rings. The first-order chi connectivity index (χ1) is 5.79. The van der Waals surface area contributed by atoms with Crippen molar-refractivity contribution in [3.8, 4) is 0 Å². The van der Waals surface area contributed by atoms with Crippen molar-refractivity contribution in [2.75, 3.05) is 0 Å². The fourth-order valence-electron chi connectivity index (χ4n) is 1.34. The highest BCUT2D eigenvalue weighted by atomic mass is 16.1. The Morgan fingerprint density at radius 2 is 2.17 bits per heavy atom. The van der Waals surface area contributed by atoms with E-state index in [1.165, 1.54) is 0 Å². The van der Waals surface area contributed by atoms with E-state index in [2.05, 4.69) is 4.99 Å². The topological polar surface area (TPSA) is 55.5 Å². The summed E-state index contributed by atoms with van der Waals surface area (Å²) < 4.78 is 0. The van der Waals surface area contributed by atoms with Crippen molar-refractivity contribution in [3.05, 3.63) is 35.4 Å². The molecule has 1 atom stereocenters. The Bertz CT molecular complexity index is 357. The molecule has 3 heteroatoms. The molecule has 0 unspecified atom stereocenters. The Balaban J connectivity index is 2.49. The molecule has 1 aliphatic rings. The predicted molar refractivity (Wildman–Crippen MR) is 46.0 cm³/mol. The molecule has 1 amide bonds. The van der Waals surface area contributed by atoms with Crippen molar-refractivity contribution < 1.29 is 4.79 Å². The number of fused-ring (bicyclic) bond motifs is 1. The second-order valence-electron chi connectivity index (χ2n) is 2.71. The average Bonchev–Trinajstić information content (AvgIpc) is 2.47. The van der Waals surface area contributed by atoms with Gasteiger partial charge < -0.3 is 5.73 Å². The van der Waals surface area contributed by atoms with Crippen molar-refractivity contribution >= 4 is 12.1 Å². The van der Waals surface area contributed by atoms with Gasteiger partial charge in [-0.15, -0.1) is 0 Å². The summed E-state index contributed by atoms with van der Waals surface area (Å²) in [6.45, 7) is 0. The predicted octanol–water partition coefficient (Wildman–Crippen LogP) is 0.646. The molecule has 3 nitrogen and oxygen atoms in total. The maximum absolute atomic E-state index is 10.9. The first-order valence-corrected chi connectivity index (χ1v) is 3.70. The van der Waals surface area contributed by atoms with Crippen LogP contribution in [0.3, 0.4) is 0 Å². The van der Waals surface area contributed by atoms with E-state index in [9.17, 15) is 4.79 Å². The minimum atomic E-state index is -0.471. The molecular formula is C9H8N2O. The van der Waals surface area contributed by atoms with Crippen molar-refractivity contribution in [2.45, 2.75) is 6.04 Å². The second kappa shape index (κ2) is 2.44. The van der Waals surface area contributed by atoms with Gasteiger partial charge >= 0.3 is 0 Å². The van der Waals surface area contributed by atoms with E-state index in [1.807, 2.05) is 24.3 Å². The number of benzene rings is 1. The number of hydrogen-bond acceptors (Lipinski definition) is 2. The summed E-state index contributed by atoms with van der Waals surface area (Å²) in [4.78, 5) is 14.9. The number of hydrogen-bond donors (Lipinski definition) is 1. The molecule has 60 valence electrons. The Hall–Kier alpha value is -1.64. The van der Waals surface area contributed by atoms with Crippen LogP contribution in [0, 0.1) is 0 Å². The molecule has 0 aromatic heterocycles. The average molecular weight is 160 g/mol. The zero-order valence-corrected chi connectivity index (χ0v) is 6.40. The van der Waals surface area contributed by atoms with Crippen LogP contribution < -0.4 is 5.73 Å². The van der Waals surface area contributed by atoms with E-state index in [4.69, 9.17) is 5.73 Å². The highest BCUT2D eigenvalue weighted by Gasteiger charge is 2.22. The van der Waals surface area contributed by atoms with Crippen LogP contribution in [-0.2, 0) is 4.79 Å². The Morgan fingerprint density at radius 3 is 2.92 bits per heavy atom. The Kier molecular flexibility index (Phi) is 1.43. The largest absolute Gasteiger partial charge is 0.368 e. The molecule has 2 N–H and O–H groups in total. The van der Waals surface area contributed by atoms with Crippen molar-refractivity contribution in [1.29, 1.82) is 0 Å². The number of carbonyl (C=O) groups is 1. The van der Waals surface area contributed by atoms with Crippen LogP contribution in [0.1, 0.15) is 17.2 Å². The number of rotatable bonds is 1. The highest BCUT2D eigenvalue weighted by Crippen LogP contribution is 2.25. The lowest BCUT2D eigenvalue weighted by Gasteiger charge is -2.03. The summed E-state index contributed by atoms with van der Waals surface area (Å²) in [5, 5.41) is 0. The molecule has 1 aliphatic heterocycles. The van der Waals surface area contributed by atoms with Gasteiger partial charge in [0.2, 0.25) is 5.91 Å². The third-order valence-electron chi connectivity index (χ3n) is 1.92. The first-order valence-electron chi connectivity index (χ1n) is 3.70. The fraction of sp³-hybridized carbons (Fsp3) is 0.111. The first kappa shape index (κ1) is 7.03. The van der Waals surface area contributed by atoms with Gasteiger partial charge in [0.05, 0.1) is 0 Å². The number of carbonyl (C=O) groups excluding carboxylic acids is 1. The lowest BCUT2D eigenvalue weighted by molar-refractivity contribution is -0.119. The number of amides is 1. The van der Waals surface area contributed by atoms with Gasteiger partial charge in [0.1, 0.15) is 0 Å². The van der Waals surface area contributed by atoms with Crippen LogP contribution in [0.5, 0.6) is 0 Å². The monoisotopic (exact) mass is 160 g/mol. The summed E-state index contributed by atoms with van der Waals surface area (Å²) >= 11 is 0. The fourth-order valence-corrected chi connectivity index (χ4v) is 1.34. The van der Waals surface area contributed by atoms with Gasteiger partial charge in [-0.25, -0.2) is 0 Å². The van der Waals surface area contributed by atoms with Gasteiger partial charge in [-0.2, -0.15) is 0 Å². The number of primary amides is 1. The second-order valence-corrected chi connectivity index (χ2v) is 2.71. The lowest BCUT2D eigenvalue weighted by atomic mass is 10.0. The number of aliphatic imine (C=N–C) groups is 1. The standard InChI is InChI=1S/C9H8N2O/c10-9(12)8-7-4-2-1-3-6(7)5-11-8/h1-5,8H,(H2,10,12)/t8-/m1/s1. The molecule has 0 aliphatic carbocycles. The SMILES string of the molecule is NC(=O)[C@@H]1N=Cc2ccccc21. The van der Waals surface area contributed by atoms with Crippen molar-refractivity contribution in [1.82, 2.24) is 0 Å². The smallest absolute Gasteiger partial charge is 0.246 e. The van der Waals surface area contributed by atoms with E-state index in [-0.39, 0.29) is 0 Å². The summed E-state index contributed by atoms with van der Waals surface area (Å²) in [7, 11) is 0. The van der Waals surface area contributed by atoms with Gasteiger partial charge in [0.25, 0.3) is 0 Å². The van der Waals surface area contributed by atoms with E-state index < -0.39 is 11.9 Å². The molecule has 0 radical (unpaired) electrons. The summed E-state index contributed by atoms with van der Waals surface area (Å²) in [5.74, 6) is -0.392. The van der Waals surface area contributed by atoms with Gasteiger partial charge in [-0.05, 0) is 11.1 Å². The van der Waals surface area contributed by atoms with Gasteiger partial charge in [-0.3, -0.25) is 9.79 Å². The summed E-state index contributed by atoms with van der Waals surface area (Å²) in [6, 6.07) is 7.11. The van der Waals surface area contributed by atoms with Crippen LogP contribution in [-0.4, -0.2) is 12.1 Å². The van der Waals surface area contributed by atoms with Crippen LogP contribution in [0.2, 0.25) is 0 Å². The van der Waals surface area contributed by atoms with Gasteiger partial charge in [0, 0.05) is 6.21 Å². The van der Waals surface area contributed by atoms with Gasteiger partial charge in [0.15, 0.2) is 6.04 Å². The minimum absolute atomic E-state index is 0.392. The van der Waals surface area contributed by atoms with Crippen LogP contribution >= 0.6 is 0 Å². The van der Waals surface area contributed by atoms with Crippen LogP contribution in [0.25, 0.3) is 0 Å². The highest BCUT2D eigenvalue weighted by molar-refractivity contribution is 5.94. The molecule has 0 saturated carbocycles. The van der Waals surface area contributed by atoms with Crippen molar-refractivity contribution in [3.63, 3.8) is 0 Å². The molecule has 12 heavy (non-hydrogen) atoms. The summed E-state index contributed by atoms with van der Waals surface area (Å²) in [5.41, 5.74) is 7.05. The molecular weight excluding hydrogens is 152 g/mol. The Labute approximate surface area is 69.9 Å². The molecule has 1 aromatic carbocycles. The molecule has 1 aromatic rings. The van der Waals surface area contributed by atoms with E-state index in [1.54, 1.807) is 6.21 Å². The normalized spacial score (nSPS) is 19.2. The molecule has 0 saturated heterocycles. The zero-order valence-electron chi connectivity index (χ0n) is 6.40. The van der Waals surface area contributed by atoms with Crippen molar-refractivity contribution in [2.24, 2.45) is 10.7 Å².